The molecule has 146 valence electrons. The summed E-state index contributed by atoms with van der Waals surface area (Å²) in [7, 11) is 0. The van der Waals surface area contributed by atoms with E-state index in [0.717, 1.165) is 5.56 Å². The van der Waals surface area contributed by atoms with E-state index in [4.69, 9.17) is 0 Å². The average molecular weight is 400 g/mol. The molecule has 0 unspecified atom stereocenters. The molecular formula is C19H20F4N2OS. The van der Waals surface area contributed by atoms with Crippen LogP contribution < -0.4 is 0 Å². The Morgan fingerprint density at radius 3 is 2.41 bits per heavy atom. The zero-order valence-corrected chi connectivity index (χ0v) is 15.7. The number of aryl methyl sites for hydroxylation is 1. The molecule has 27 heavy (non-hydrogen) atoms. The molecule has 0 atom stereocenters. The molecule has 0 N–H and O–H groups in total. The molecule has 8 heteroatoms. The summed E-state index contributed by atoms with van der Waals surface area (Å²) in [6.45, 7) is 1.87. The zero-order chi connectivity index (χ0) is 19.6. The highest BCUT2D eigenvalue weighted by Crippen LogP contribution is 2.28. The molecule has 0 saturated carbocycles. The van der Waals surface area contributed by atoms with E-state index in [0.29, 0.717) is 22.4 Å². The molecule has 2 heterocycles. The second-order valence-corrected chi connectivity index (χ2v) is 7.45. The molecule has 1 aromatic carbocycles. The topological polar surface area (TPSA) is 23.6 Å². The number of alkyl halides is 3. The molecule has 0 aliphatic carbocycles. The first kappa shape index (κ1) is 19.8. The quantitative estimate of drug-likeness (QED) is 0.709. The van der Waals surface area contributed by atoms with Crippen molar-refractivity contribution in [3.05, 3.63) is 45.9 Å². The van der Waals surface area contributed by atoms with Crippen molar-refractivity contribution in [2.75, 3.05) is 32.7 Å². The largest absolute Gasteiger partial charge is 0.401 e. The van der Waals surface area contributed by atoms with Crippen LogP contribution >= 0.6 is 11.3 Å². The van der Waals surface area contributed by atoms with Gasteiger partial charge in [-0.3, -0.25) is 9.69 Å². The van der Waals surface area contributed by atoms with Crippen LogP contribution in [0.3, 0.4) is 0 Å². The summed E-state index contributed by atoms with van der Waals surface area (Å²) in [4.78, 5) is 16.0. The number of carbonyl (C=O) groups excluding carboxylic acids is 1. The predicted octanol–water partition coefficient (Wildman–Crippen LogP) is 4.44. The van der Waals surface area contributed by atoms with Gasteiger partial charge in [0.05, 0.1) is 11.4 Å². The second-order valence-electron chi connectivity index (χ2n) is 6.54. The van der Waals surface area contributed by atoms with Gasteiger partial charge in [0.15, 0.2) is 0 Å². The van der Waals surface area contributed by atoms with Crippen molar-refractivity contribution >= 4 is 17.2 Å². The fourth-order valence-corrected chi connectivity index (χ4v) is 4.01. The van der Waals surface area contributed by atoms with Gasteiger partial charge in [-0.15, -0.1) is 11.3 Å². The maximum atomic E-state index is 14.0. The first-order chi connectivity index (χ1) is 12.8. The molecule has 1 amide bonds. The number of amides is 1. The van der Waals surface area contributed by atoms with Gasteiger partial charge in [0, 0.05) is 26.2 Å². The number of hydrogen-bond acceptors (Lipinski definition) is 3. The van der Waals surface area contributed by atoms with E-state index < -0.39 is 12.7 Å². The molecule has 1 aromatic heterocycles. The van der Waals surface area contributed by atoms with Gasteiger partial charge in [0.1, 0.15) is 5.82 Å². The molecule has 0 spiro atoms. The summed E-state index contributed by atoms with van der Waals surface area (Å²) in [6, 6.07) is 6.75. The van der Waals surface area contributed by atoms with Crippen molar-refractivity contribution in [3.8, 4) is 11.1 Å². The lowest BCUT2D eigenvalue weighted by Gasteiger charge is -2.34. The lowest BCUT2D eigenvalue weighted by Crippen LogP contribution is -2.50. The van der Waals surface area contributed by atoms with Crippen molar-refractivity contribution in [2.24, 2.45) is 0 Å². The number of benzene rings is 1. The highest BCUT2D eigenvalue weighted by molar-refractivity contribution is 7.12. The first-order valence-electron chi connectivity index (χ1n) is 8.72. The average Bonchev–Trinajstić information content (AvgIpc) is 3.10. The lowest BCUT2D eigenvalue weighted by molar-refractivity contribution is -0.148. The van der Waals surface area contributed by atoms with E-state index in [-0.39, 0.29) is 37.9 Å². The number of rotatable bonds is 4. The van der Waals surface area contributed by atoms with E-state index in [9.17, 15) is 22.4 Å². The van der Waals surface area contributed by atoms with Gasteiger partial charge < -0.3 is 4.90 Å². The van der Waals surface area contributed by atoms with Crippen LogP contribution in [0.15, 0.2) is 29.6 Å². The predicted molar refractivity (Wildman–Crippen MR) is 97.5 cm³/mol. The second kappa shape index (κ2) is 7.98. The third-order valence-electron chi connectivity index (χ3n) is 4.64. The minimum atomic E-state index is -4.22. The van der Waals surface area contributed by atoms with Gasteiger partial charge in [0.2, 0.25) is 0 Å². The monoisotopic (exact) mass is 400 g/mol. The molecule has 1 saturated heterocycles. The Hall–Kier alpha value is -1.93. The summed E-state index contributed by atoms with van der Waals surface area (Å²) < 4.78 is 51.4. The molecule has 1 aliphatic heterocycles. The zero-order valence-electron chi connectivity index (χ0n) is 14.9. The third-order valence-corrected chi connectivity index (χ3v) is 5.56. The van der Waals surface area contributed by atoms with Crippen LogP contribution in [-0.4, -0.2) is 54.6 Å². The molecular weight excluding hydrogens is 380 g/mol. The highest BCUT2D eigenvalue weighted by atomic mass is 32.1. The summed E-state index contributed by atoms with van der Waals surface area (Å²) in [6.07, 6.45) is -3.61. The Morgan fingerprint density at radius 2 is 1.81 bits per heavy atom. The maximum absolute atomic E-state index is 14.0. The number of hydrogen-bond donors (Lipinski definition) is 0. The molecule has 0 radical (unpaired) electrons. The summed E-state index contributed by atoms with van der Waals surface area (Å²) in [5, 5.41) is 1.80. The van der Waals surface area contributed by atoms with Crippen LogP contribution in [0.25, 0.3) is 11.1 Å². The standard InChI is InChI=1S/C19H20F4N2OS/c1-2-13-3-4-14(9-16(13)20)15-10-17(27-11-15)18(26)25-7-5-24(6-8-25)12-19(21,22)23/h3-4,9-11H,2,5-8,12H2,1H3. The van der Waals surface area contributed by atoms with Crippen molar-refractivity contribution in [1.29, 1.82) is 0 Å². The molecule has 1 fully saturated rings. The number of nitrogens with zero attached hydrogens (tertiary/aromatic N) is 2. The van der Waals surface area contributed by atoms with Crippen molar-refractivity contribution in [2.45, 2.75) is 19.5 Å². The summed E-state index contributed by atoms with van der Waals surface area (Å²) in [5.74, 6) is -0.460. The number of piperazine rings is 1. The van der Waals surface area contributed by atoms with E-state index in [1.807, 2.05) is 13.0 Å². The van der Waals surface area contributed by atoms with E-state index in [1.165, 1.54) is 22.3 Å². The fraction of sp³-hybridized carbons (Fsp3) is 0.421. The number of halogens is 4. The third kappa shape index (κ3) is 4.87. The summed E-state index contributed by atoms with van der Waals surface area (Å²) in [5.41, 5.74) is 2.11. The van der Waals surface area contributed by atoms with Gasteiger partial charge in [0.25, 0.3) is 5.91 Å². The van der Waals surface area contributed by atoms with Crippen LogP contribution in [0, 0.1) is 5.82 Å². The summed E-state index contributed by atoms with van der Waals surface area (Å²) >= 11 is 1.27. The molecule has 0 bridgehead atoms. The minimum Gasteiger partial charge on any atom is -0.335 e. The Bertz CT molecular complexity index is 810. The van der Waals surface area contributed by atoms with E-state index >= 15 is 0 Å². The fourth-order valence-electron chi connectivity index (χ4n) is 3.13. The Labute approximate surface area is 159 Å². The van der Waals surface area contributed by atoms with Crippen LogP contribution in [0.4, 0.5) is 17.6 Å². The Morgan fingerprint density at radius 1 is 1.11 bits per heavy atom. The molecule has 3 nitrogen and oxygen atoms in total. The van der Waals surface area contributed by atoms with Gasteiger partial charge in [-0.1, -0.05) is 19.1 Å². The Balaban J connectivity index is 1.65. The lowest BCUT2D eigenvalue weighted by atomic mass is 10.0. The normalized spacial score (nSPS) is 16.0. The van der Waals surface area contributed by atoms with Gasteiger partial charge in [-0.05, 0) is 40.6 Å². The van der Waals surface area contributed by atoms with E-state index in [2.05, 4.69) is 0 Å². The number of thiophene rings is 1. The van der Waals surface area contributed by atoms with Gasteiger partial charge in [-0.25, -0.2) is 4.39 Å². The Kier molecular flexibility index (Phi) is 5.86. The smallest absolute Gasteiger partial charge is 0.335 e. The van der Waals surface area contributed by atoms with Gasteiger partial charge >= 0.3 is 6.18 Å². The van der Waals surface area contributed by atoms with Crippen molar-refractivity contribution < 1.29 is 22.4 Å². The van der Waals surface area contributed by atoms with E-state index in [1.54, 1.807) is 22.4 Å². The minimum absolute atomic E-state index is 0.191. The molecule has 3 rings (SSSR count). The van der Waals surface area contributed by atoms with Crippen LogP contribution in [0.1, 0.15) is 22.2 Å². The maximum Gasteiger partial charge on any atom is 0.401 e. The molecule has 2 aromatic rings. The van der Waals surface area contributed by atoms with Crippen LogP contribution in [0.2, 0.25) is 0 Å². The van der Waals surface area contributed by atoms with Crippen molar-refractivity contribution in [3.63, 3.8) is 0 Å². The van der Waals surface area contributed by atoms with Crippen LogP contribution in [-0.2, 0) is 6.42 Å². The SMILES string of the molecule is CCc1ccc(-c2csc(C(=O)N3CCN(CC(F)(F)F)CC3)c2)cc1F. The highest BCUT2D eigenvalue weighted by Gasteiger charge is 2.33. The van der Waals surface area contributed by atoms with Gasteiger partial charge in [-0.2, -0.15) is 13.2 Å². The first-order valence-corrected chi connectivity index (χ1v) is 9.60. The van der Waals surface area contributed by atoms with Crippen molar-refractivity contribution in [1.82, 2.24) is 9.80 Å². The van der Waals surface area contributed by atoms with Crippen LogP contribution in [0.5, 0.6) is 0 Å². The number of carbonyl (C=O) groups is 1. The molecule has 1 aliphatic rings.